The molecule has 2 aromatic heterocycles. The van der Waals surface area contributed by atoms with Crippen molar-refractivity contribution >= 4 is 17.5 Å². The highest BCUT2D eigenvalue weighted by atomic mass is 35.5. The first-order chi connectivity index (χ1) is 9.25. The summed E-state index contributed by atoms with van der Waals surface area (Å²) < 4.78 is 2.01. The van der Waals surface area contributed by atoms with E-state index in [0.717, 1.165) is 19.4 Å². The van der Waals surface area contributed by atoms with Crippen molar-refractivity contribution in [2.45, 2.75) is 19.4 Å². The summed E-state index contributed by atoms with van der Waals surface area (Å²) in [6, 6.07) is 5.00. The maximum Gasteiger partial charge on any atom is 0.269 e. The fraction of sp³-hybridized carbons (Fsp3) is 0.308. The lowest BCUT2D eigenvalue weighted by atomic mass is 10.3. The summed E-state index contributed by atoms with van der Waals surface area (Å²) in [6.45, 7) is 1.53. The molecule has 0 atom stereocenters. The largest absolute Gasteiger partial charge is 0.351 e. The topological polar surface area (TPSA) is 59.8 Å². The highest BCUT2D eigenvalue weighted by Crippen LogP contribution is 2.04. The van der Waals surface area contributed by atoms with Crippen molar-refractivity contribution in [1.82, 2.24) is 19.9 Å². The van der Waals surface area contributed by atoms with E-state index in [2.05, 4.69) is 15.3 Å². The SMILES string of the molecule is O=C(NCCCCn1ccnc1)c1cccc(Cl)n1. The fourth-order valence-electron chi connectivity index (χ4n) is 1.67. The number of carbonyl (C=O) groups is 1. The molecular formula is C13H15ClN4O. The third kappa shape index (κ3) is 4.37. The molecule has 0 fully saturated rings. The van der Waals surface area contributed by atoms with Crippen molar-refractivity contribution in [2.24, 2.45) is 0 Å². The average Bonchev–Trinajstić information content (AvgIpc) is 2.91. The molecule has 0 aromatic carbocycles. The second kappa shape index (κ2) is 6.89. The van der Waals surface area contributed by atoms with Gasteiger partial charge in [-0.1, -0.05) is 17.7 Å². The Morgan fingerprint density at radius 3 is 3.00 bits per heavy atom. The van der Waals surface area contributed by atoms with Crippen LogP contribution in [-0.4, -0.2) is 27.0 Å². The van der Waals surface area contributed by atoms with E-state index in [1.165, 1.54) is 0 Å². The van der Waals surface area contributed by atoms with Crippen molar-refractivity contribution in [1.29, 1.82) is 0 Å². The Morgan fingerprint density at radius 1 is 1.37 bits per heavy atom. The van der Waals surface area contributed by atoms with Gasteiger partial charge in [0.15, 0.2) is 0 Å². The van der Waals surface area contributed by atoms with E-state index in [9.17, 15) is 4.79 Å². The molecular weight excluding hydrogens is 264 g/mol. The Bertz CT molecular complexity index is 527. The molecule has 1 N–H and O–H groups in total. The molecule has 6 heteroatoms. The number of aromatic nitrogens is 3. The van der Waals surface area contributed by atoms with Crippen LogP contribution in [-0.2, 0) is 6.54 Å². The molecule has 2 rings (SSSR count). The van der Waals surface area contributed by atoms with Crippen LogP contribution in [0.2, 0.25) is 5.15 Å². The molecule has 19 heavy (non-hydrogen) atoms. The molecule has 0 saturated carbocycles. The molecule has 5 nitrogen and oxygen atoms in total. The number of hydrogen-bond donors (Lipinski definition) is 1. The minimum Gasteiger partial charge on any atom is -0.351 e. The van der Waals surface area contributed by atoms with Gasteiger partial charge in [0.2, 0.25) is 0 Å². The predicted molar refractivity (Wildman–Crippen MR) is 73.0 cm³/mol. The van der Waals surface area contributed by atoms with Gasteiger partial charge in [0.1, 0.15) is 10.8 Å². The number of nitrogens with one attached hydrogen (secondary N) is 1. The highest BCUT2D eigenvalue weighted by molar-refractivity contribution is 6.29. The second-order valence-corrected chi connectivity index (χ2v) is 4.50. The summed E-state index contributed by atoms with van der Waals surface area (Å²) in [7, 11) is 0. The average molecular weight is 279 g/mol. The standard InChI is InChI=1S/C13H15ClN4O/c14-12-5-3-4-11(17-12)13(19)16-6-1-2-8-18-9-7-15-10-18/h3-5,7,9-10H,1-2,6,8H2,(H,16,19). The lowest BCUT2D eigenvalue weighted by Crippen LogP contribution is -2.25. The van der Waals surface area contributed by atoms with Crippen LogP contribution in [0.25, 0.3) is 0 Å². The van der Waals surface area contributed by atoms with Gasteiger partial charge in [0, 0.05) is 25.5 Å². The van der Waals surface area contributed by atoms with Crippen LogP contribution in [0.5, 0.6) is 0 Å². The number of halogens is 1. The van der Waals surface area contributed by atoms with Crippen molar-refractivity contribution in [2.75, 3.05) is 6.54 Å². The van der Waals surface area contributed by atoms with Crippen molar-refractivity contribution < 1.29 is 4.79 Å². The lowest BCUT2D eigenvalue weighted by molar-refractivity contribution is 0.0948. The van der Waals surface area contributed by atoms with Crippen LogP contribution in [0.3, 0.4) is 0 Å². The number of aryl methyl sites for hydroxylation is 1. The van der Waals surface area contributed by atoms with E-state index >= 15 is 0 Å². The third-order valence-corrected chi connectivity index (χ3v) is 2.85. The predicted octanol–water partition coefficient (Wildman–Crippen LogP) is 2.14. The fourth-order valence-corrected chi connectivity index (χ4v) is 1.83. The third-order valence-electron chi connectivity index (χ3n) is 2.64. The molecule has 0 bridgehead atoms. The minimum atomic E-state index is -0.190. The Kier molecular flexibility index (Phi) is 4.92. The van der Waals surface area contributed by atoms with Gasteiger partial charge in [-0.15, -0.1) is 0 Å². The first-order valence-corrected chi connectivity index (χ1v) is 6.50. The zero-order chi connectivity index (χ0) is 13.5. The number of hydrogen-bond acceptors (Lipinski definition) is 3. The number of imidazole rings is 1. The maximum atomic E-state index is 11.7. The summed E-state index contributed by atoms with van der Waals surface area (Å²) in [5, 5.41) is 3.15. The zero-order valence-electron chi connectivity index (χ0n) is 10.4. The normalized spacial score (nSPS) is 10.4. The van der Waals surface area contributed by atoms with E-state index in [1.807, 2.05) is 10.8 Å². The maximum absolute atomic E-state index is 11.7. The highest BCUT2D eigenvalue weighted by Gasteiger charge is 2.06. The van der Waals surface area contributed by atoms with Gasteiger partial charge in [-0.25, -0.2) is 9.97 Å². The Morgan fingerprint density at radius 2 is 2.26 bits per heavy atom. The van der Waals surface area contributed by atoms with E-state index in [1.54, 1.807) is 30.7 Å². The van der Waals surface area contributed by atoms with Gasteiger partial charge in [-0.2, -0.15) is 0 Å². The number of carbonyl (C=O) groups excluding carboxylic acids is 1. The second-order valence-electron chi connectivity index (χ2n) is 4.11. The summed E-state index contributed by atoms with van der Waals surface area (Å²) in [6.07, 6.45) is 7.36. The minimum absolute atomic E-state index is 0.190. The molecule has 0 saturated heterocycles. The Hall–Kier alpha value is -1.88. The molecule has 0 aliphatic carbocycles. The molecule has 0 spiro atoms. The van der Waals surface area contributed by atoms with Crippen LogP contribution < -0.4 is 5.32 Å². The van der Waals surface area contributed by atoms with Gasteiger partial charge in [0.05, 0.1) is 6.33 Å². The molecule has 0 aliphatic rings. The number of unbranched alkanes of at least 4 members (excludes halogenated alkanes) is 1. The quantitative estimate of drug-likeness (QED) is 0.650. The molecule has 0 unspecified atom stereocenters. The van der Waals surface area contributed by atoms with Gasteiger partial charge in [-0.3, -0.25) is 4.79 Å². The van der Waals surface area contributed by atoms with Crippen molar-refractivity contribution in [3.63, 3.8) is 0 Å². The molecule has 100 valence electrons. The van der Waals surface area contributed by atoms with Crippen LogP contribution in [0.1, 0.15) is 23.3 Å². The first kappa shape index (κ1) is 13.5. The lowest BCUT2D eigenvalue weighted by Gasteiger charge is -2.05. The number of rotatable bonds is 6. The Balaban J connectivity index is 1.67. The van der Waals surface area contributed by atoms with E-state index in [-0.39, 0.29) is 5.91 Å². The van der Waals surface area contributed by atoms with Gasteiger partial charge >= 0.3 is 0 Å². The van der Waals surface area contributed by atoms with Crippen molar-refractivity contribution in [3.05, 3.63) is 47.8 Å². The van der Waals surface area contributed by atoms with E-state index < -0.39 is 0 Å². The number of nitrogens with zero attached hydrogens (tertiary/aromatic N) is 3. The summed E-state index contributed by atoms with van der Waals surface area (Å²) in [4.78, 5) is 19.7. The van der Waals surface area contributed by atoms with E-state index in [0.29, 0.717) is 17.4 Å². The Labute approximate surface area is 116 Å². The summed E-state index contributed by atoms with van der Waals surface area (Å²) in [5.41, 5.74) is 0.349. The van der Waals surface area contributed by atoms with Crippen LogP contribution in [0.4, 0.5) is 0 Å². The molecule has 0 radical (unpaired) electrons. The first-order valence-electron chi connectivity index (χ1n) is 6.12. The smallest absolute Gasteiger partial charge is 0.269 e. The number of pyridine rings is 1. The molecule has 0 aliphatic heterocycles. The van der Waals surface area contributed by atoms with Gasteiger partial charge < -0.3 is 9.88 Å². The monoisotopic (exact) mass is 278 g/mol. The van der Waals surface area contributed by atoms with E-state index in [4.69, 9.17) is 11.6 Å². The summed E-state index contributed by atoms with van der Waals surface area (Å²) in [5.74, 6) is -0.190. The summed E-state index contributed by atoms with van der Waals surface area (Å²) >= 11 is 5.73. The molecule has 1 amide bonds. The number of amides is 1. The molecule has 2 heterocycles. The zero-order valence-corrected chi connectivity index (χ0v) is 11.2. The van der Waals surface area contributed by atoms with Crippen LogP contribution in [0.15, 0.2) is 36.9 Å². The van der Waals surface area contributed by atoms with Crippen LogP contribution >= 0.6 is 11.6 Å². The van der Waals surface area contributed by atoms with Crippen molar-refractivity contribution in [3.8, 4) is 0 Å². The van der Waals surface area contributed by atoms with Crippen LogP contribution in [0, 0.1) is 0 Å². The molecule has 2 aromatic rings. The van der Waals surface area contributed by atoms with Gasteiger partial charge in [-0.05, 0) is 25.0 Å². The van der Waals surface area contributed by atoms with Gasteiger partial charge in [0.25, 0.3) is 5.91 Å².